The lowest BCUT2D eigenvalue weighted by molar-refractivity contribution is -0.136. The third kappa shape index (κ3) is 4.80. The quantitative estimate of drug-likeness (QED) is 0.623. The van der Waals surface area contributed by atoms with Crippen LogP contribution >= 0.6 is 12.4 Å². The van der Waals surface area contributed by atoms with Gasteiger partial charge in [-0.3, -0.25) is 14.8 Å². The summed E-state index contributed by atoms with van der Waals surface area (Å²) in [5.74, 6) is 0.735. The zero-order valence-electron chi connectivity index (χ0n) is 16.8. The summed E-state index contributed by atoms with van der Waals surface area (Å²) in [6.45, 7) is 1.48. The van der Waals surface area contributed by atoms with Crippen LogP contribution in [0.3, 0.4) is 0 Å². The van der Waals surface area contributed by atoms with Gasteiger partial charge in [-0.15, -0.1) is 12.4 Å². The second-order valence-electron chi connectivity index (χ2n) is 7.06. The van der Waals surface area contributed by atoms with Gasteiger partial charge in [0.05, 0.1) is 5.69 Å². The van der Waals surface area contributed by atoms with Gasteiger partial charge in [0.2, 0.25) is 5.91 Å². The van der Waals surface area contributed by atoms with E-state index < -0.39 is 0 Å². The molecule has 1 atom stereocenters. The Morgan fingerprint density at radius 2 is 2.00 bits per heavy atom. The summed E-state index contributed by atoms with van der Waals surface area (Å²) in [7, 11) is 1.55. The number of pyridine rings is 2. The average molecular weight is 426 g/mol. The summed E-state index contributed by atoms with van der Waals surface area (Å²) in [4.78, 5) is 32.2. The number of ether oxygens (including phenoxy) is 1. The van der Waals surface area contributed by atoms with Crippen LogP contribution in [0.5, 0.6) is 0 Å². The standard InChI is InChI=1S/C22H23N5O2.ClH/c1-29-15-20(28)27-12-4-5-17(14-27)21-18(16-7-10-23-11-8-16)13-25-22(26-21)19-6-2-3-9-24-19;/h2-3,6-11,13,17H,4-5,12,14-15H2,1H3;1H. The van der Waals surface area contributed by atoms with Crippen LogP contribution in [-0.4, -0.2) is 57.5 Å². The lowest BCUT2D eigenvalue weighted by atomic mass is 9.90. The molecule has 0 spiro atoms. The van der Waals surface area contributed by atoms with Crippen LogP contribution < -0.4 is 0 Å². The Morgan fingerprint density at radius 1 is 1.17 bits per heavy atom. The van der Waals surface area contributed by atoms with E-state index in [1.54, 1.807) is 25.7 Å². The molecule has 4 rings (SSSR count). The van der Waals surface area contributed by atoms with Gasteiger partial charge >= 0.3 is 0 Å². The fraction of sp³-hybridized carbons (Fsp3) is 0.318. The van der Waals surface area contributed by atoms with Gasteiger partial charge in [0.25, 0.3) is 0 Å². The Labute approximate surface area is 182 Å². The molecule has 3 aromatic heterocycles. The minimum absolute atomic E-state index is 0. The van der Waals surface area contributed by atoms with Crippen molar-refractivity contribution >= 4 is 18.3 Å². The van der Waals surface area contributed by atoms with Gasteiger partial charge in [0.1, 0.15) is 12.3 Å². The minimum atomic E-state index is 0. The molecule has 156 valence electrons. The van der Waals surface area contributed by atoms with Crippen LogP contribution in [0.4, 0.5) is 0 Å². The van der Waals surface area contributed by atoms with Gasteiger partial charge in [0, 0.05) is 56.5 Å². The van der Waals surface area contributed by atoms with Gasteiger partial charge in [0.15, 0.2) is 5.82 Å². The van der Waals surface area contributed by atoms with Crippen molar-refractivity contribution in [2.24, 2.45) is 0 Å². The third-order valence-corrected chi connectivity index (χ3v) is 5.13. The molecule has 1 aliphatic rings. The maximum Gasteiger partial charge on any atom is 0.248 e. The number of halogens is 1. The molecular weight excluding hydrogens is 402 g/mol. The van der Waals surface area contributed by atoms with E-state index in [0.717, 1.165) is 41.9 Å². The molecule has 1 amide bonds. The number of methoxy groups -OCH3 is 1. The molecule has 3 aromatic rings. The molecule has 1 unspecified atom stereocenters. The molecule has 1 saturated heterocycles. The first-order valence-corrected chi connectivity index (χ1v) is 9.71. The van der Waals surface area contributed by atoms with Crippen molar-refractivity contribution in [1.29, 1.82) is 0 Å². The SMILES string of the molecule is COCC(=O)N1CCCC(c2nc(-c3ccccn3)ncc2-c2ccncc2)C1.Cl. The van der Waals surface area contributed by atoms with E-state index in [9.17, 15) is 4.79 Å². The van der Waals surface area contributed by atoms with Crippen LogP contribution in [0.25, 0.3) is 22.6 Å². The molecule has 1 aliphatic heterocycles. The van der Waals surface area contributed by atoms with Crippen LogP contribution in [-0.2, 0) is 9.53 Å². The van der Waals surface area contributed by atoms with Crippen molar-refractivity contribution in [3.8, 4) is 22.6 Å². The number of piperidine rings is 1. The number of carbonyl (C=O) groups excluding carboxylic acids is 1. The third-order valence-electron chi connectivity index (χ3n) is 5.13. The Balaban J connectivity index is 0.00000256. The second-order valence-corrected chi connectivity index (χ2v) is 7.06. The van der Waals surface area contributed by atoms with Gasteiger partial charge < -0.3 is 9.64 Å². The van der Waals surface area contributed by atoms with Gasteiger partial charge in [-0.2, -0.15) is 0 Å². The van der Waals surface area contributed by atoms with Crippen LogP contribution in [0, 0.1) is 0 Å². The minimum Gasteiger partial charge on any atom is -0.375 e. The lowest BCUT2D eigenvalue weighted by Gasteiger charge is -2.33. The van der Waals surface area contributed by atoms with Crippen molar-refractivity contribution in [2.75, 3.05) is 26.8 Å². The number of likely N-dealkylation sites (tertiary alicyclic amines) is 1. The van der Waals surface area contributed by atoms with E-state index in [4.69, 9.17) is 9.72 Å². The summed E-state index contributed by atoms with van der Waals surface area (Å²) in [5, 5.41) is 0. The molecule has 0 aromatic carbocycles. The molecule has 0 radical (unpaired) electrons. The summed E-state index contributed by atoms with van der Waals surface area (Å²) in [5.41, 5.74) is 3.67. The largest absolute Gasteiger partial charge is 0.375 e. The summed E-state index contributed by atoms with van der Waals surface area (Å²) in [6, 6.07) is 9.61. The number of nitrogens with zero attached hydrogens (tertiary/aromatic N) is 5. The van der Waals surface area contributed by atoms with Crippen molar-refractivity contribution in [3.63, 3.8) is 0 Å². The molecule has 1 fully saturated rings. The first-order valence-electron chi connectivity index (χ1n) is 9.71. The highest BCUT2D eigenvalue weighted by Crippen LogP contribution is 2.33. The molecule has 8 heteroatoms. The molecule has 0 aliphatic carbocycles. The highest BCUT2D eigenvalue weighted by Gasteiger charge is 2.28. The fourth-order valence-electron chi connectivity index (χ4n) is 3.72. The van der Waals surface area contributed by atoms with Crippen LogP contribution in [0.2, 0.25) is 0 Å². The number of hydrogen-bond donors (Lipinski definition) is 0. The second kappa shape index (κ2) is 10.2. The molecule has 4 heterocycles. The van der Waals surface area contributed by atoms with Crippen molar-refractivity contribution in [2.45, 2.75) is 18.8 Å². The number of rotatable bonds is 5. The number of aromatic nitrogens is 4. The van der Waals surface area contributed by atoms with Gasteiger partial charge in [-0.1, -0.05) is 6.07 Å². The number of hydrogen-bond acceptors (Lipinski definition) is 6. The topological polar surface area (TPSA) is 81.1 Å². The number of amides is 1. The zero-order chi connectivity index (χ0) is 20.1. The molecule has 0 saturated carbocycles. The summed E-state index contributed by atoms with van der Waals surface area (Å²) in [6.07, 6.45) is 9.02. The molecule has 7 nitrogen and oxygen atoms in total. The van der Waals surface area contributed by atoms with E-state index in [-0.39, 0.29) is 30.8 Å². The molecular formula is C22H24ClN5O2. The molecule has 30 heavy (non-hydrogen) atoms. The highest BCUT2D eigenvalue weighted by atomic mass is 35.5. The van der Waals surface area contributed by atoms with Crippen LogP contribution in [0.1, 0.15) is 24.5 Å². The van der Waals surface area contributed by atoms with Crippen molar-refractivity contribution in [3.05, 3.63) is 60.8 Å². The van der Waals surface area contributed by atoms with E-state index in [1.165, 1.54) is 0 Å². The first-order chi connectivity index (χ1) is 14.3. The lowest BCUT2D eigenvalue weighted by Crippen LogP contribution is -2.41. The maximum atomic E-state index is 12.4. The Kier molecular flexibility index (Phi) is 7.43. The van der Waals surface area contributed by atoms with Gasteiger partial charge in [-0.25, -0.2) is 9.97 Å². The summed E-state index contributed by atoms with van der Waals surface area (Å²) < 4.78 is 5.04. The maximum absolute atomic E-state index is 12.4. The van der Waals surface area contributed by atoms with E-state index in [2.05, 4.69) is 15.0 Å². The predicted octanol–water partition coefficient (Wildman–Crippen LogP) is 3.37. The predicted molar refractivity (Wildman–Crippen MR) is 116 cm³/mol. The molecule has 0 N–H and O–H groups in total. The monoisotopic (exact) mass is 425 g/mol. The van der Waals surface area contributed by atoms with Gasteiger partial charge in [-0.05, 0) is 42.7 Å². The van der Waals surface area contributed by atoms with E-state index in [1.807, 2.05) is 41.4 Å². The van der Waals surface area contributed by atoms with E-state index >= 15 is 0 Å². The average Bonchev–Trinajstić information content (AvgIpc) is 2.80. The smallest absolute Gasteiger partial charge is 0.248 e. The van der Waals surface area contributed by atoms with Crippen molar-refractivity contribution in [1.82, 2.24) is 24.8 Å². The first kappa shape index (κ1) is 21.8. The summed E-state index contributed by atoms with van der Waals surface area (Å²) >= 11 is 0. The normalized spacial score (nSPS) is 16.0. The zero-order valence-corrected chi connectivity index (χ0v) is 17.6. The fourth-order valence-corrected chi connectivity index (χ4v) is 3.72. The highest BCUT2D eigenvalue weighted by molar-refractivity contribution is 5.85. The Bertz CT molecular complexity index is 972. The Hall–Kier alpha value is -2.90. The van der Waals surface area contributed by atoms with Crippen LogP contribution in [0.15, 0.2) is 55.1 Å². The Morgan fingerprint density at radius 3 is 2.73 bits per heavy atom. The van der Waals surface area contributed by atoms with Crippen molar-refractivity contribution < 1.29 is 9.53 Å². The molecule has 0 bridgehead atoms. The van der Waals surface area contributed by atoms with E-state index in [0.29, 0.717) is 12.4 Å². The number of carbonyl (C=O) groups is 1.